The van der Waals surface area contributed by atoms with Gasteiger partial charge in [-0.15, -0.1) is 0 Å². The van der Waals surface area contributed by atoms with E-state index in [2.05, 4.69) is 43.0 Å². The average Bonchev–Trinajstić information content (AvgIpc) is 3.11. The Hall–Kier alpha value is -3.12. The fraction of sp³-hybridized carbons (Fsp3) is 0.459. The van der Waals surface area contributed by atoms with Crippen LogP contribution in [0.15, 0.2) is 104 Å². The first-order valence-corrected chi connectivity index (χ1v) is 15.9. The van der Waals surface area contributed by atoms with Crippen molar-refractivity contribution >= 4 is 0 Å². The lowest BCUT2D eigenvalue weighted by Gasteiger charge is -2.36. The number of benzene rings is 3. The molecule has 0 amide bonds. The summed E-state index contributed by atoms with van der Waals surface area (Å²) in [6, 6.07) is 31.0. The van der Waals surface area contributed by atoms with Gasteiger partial charge < -0.3 is 42.6 Å². The molecule has 0 bridgehead atoms. The first-order chi connectivity index (χ1) is 22.9. The topological polar surface area (TPSA) is 83.1 Å². The third-order valence-electron chi connectivity index (χ3n) is 6.78. The molecule has 46 heavy (non-hydrogen) atoms. The minimum absolute atomic E-state index is 0.420. The van der Waals surface area contributed by atoms with E-state index in [1.807, 2.05) is 54.6 Å². The number of ether oxygens (including phenoxy) is 9. The smallest absolute Gasteiger partial charge is 0.143 e. The van der Waals surface area contributed by atoms with Crippen molar-refractivity contribution in [3.05, 3.63) is 121 Å². The Labute approximate surface area is 274 Å². The van der Waals surface area contributed by atoms with Crippen molar-refractivity contribution in [1.29, 1.82) is 0 Å². The average molecular weight is 639 g/mol. The second-order valence-corrected chi connectivity index (χ2v) is 9.95. The van der Waals surface area contributed by atoms with Crippen LogP contribution in [0.25, 0.3) is 0 Å². The highest BCUT2D eigenvalue weighted by Gasteiger charge is 2.37. The molecule has 0 aliphatic carbocycles. The van der Waals surface area contributed by atoms with Crippen molar-refractivity contribution in [2.45, 2.75) is 5.60 Å². The largest absolute Gasteiger partial charge is 0.499 e. The molecular formula is C37H50O9. The fourth-order valence-corrected chi connectivity index (χ4v) is 4.63. The van der Waals surface area contributed by atoms with Crippen molar-refractivity contribution in [2.75, 3.05) is 106 Å². The lowest BCUT2D eigenvalue weighted by Crippen LogP contribution is -2.34. The van der Waals surface area contributed by atoms with Gasteiger partial charge in [-0.3, -0.25) is 0 Å². The molecule has 9 heteroatoms. The van der Waals surface area contributed by atoms with Crippen molar-refractivity contribution in [3.8, 4) is 0 Å². The van der Waals surface area contributed by atoms with Gasteiger partial charge in [-0.1, -0.05) is 97.6 Å². The zero-order valence-corrected chi connectivity index (χ0v) is 26.9. The molecule has 0 aliphatic rings. The first-order valence-electron chi connectivity index (χ1n) is 15.9. The molecule has 0 saturated carbocycles. The van der Waals surface area contributed by atoms with E-state index in [4.69, 9.17) is 42.6 Å². The van der Waals surface area contributed by atoms with E-state index in [1.165, 1.54) is 6.26 Å². The SMILES string of the molecule is C=COCCOCCOCCOCCOCCOCCOCCOCCOC(c1ccccc1)(c1ccccc1)c1ccccc1. The van der Waals surface area contributed by atoms with Crippen LogP contribution in [0.2, 0.25) is 0 Å². The summed E-state index contributed by atoms with van der Waals surface area (Å²) in [5.74, 6) is 0. The highest BCUT2D eigenvalue weighted by atomic mass is 16.6. The molecule has 0 spiro atoms. The molecule has 3 aromatic carbocycles. The van der Waals surface area contributed by atoms with Crippen LogP contribution in [0.3, 0.4) is 0 Å². The van der Waals surface area contributed by atoms with E-state index < -0.39 is 5.60 Å². The summed E-state index contributed by atoms with van der Waals surface area (Å²) in [6.45, 7) is 11.4. The van der Waals surface area contributed by atoms with E-state index in [9.17, 15) is 0 Å². The molecule has 0 radical (unpaired) electrons. The van der Waals surface area contributed by atoms with Crippen LogP contribution in [0.4, 0.5) is 0 Å². The first kappa shape index (κ1) is 37.3. The van der Waals surface area contributed by atoms with E-state index in [-0.39, 0.29) is 0 Å². The maximum atomic E-state index is 6.72. The maximum absolute atomic E-state index is 6.72. The van der Waals surface area contributed by atoms with Gasteiger partial charge in [0, 0.05) is 0 Å². The molecule has 0 aliphatic heterocycles. The van der Waals surface area contributed by atoms with Gasteiger partial charge in [0.15, 0.2) is 0 Å². The number of rotatable bonds is 29. The van der Waals surface area contributed by atoms with Crippen LogP contribution in [0, 0.1) is 0 Å². The Morgan fingerprint density at radius 2 is 0.630 bits per heavy atom. The molecule has 0 heterocycles. The molecule has 3 rings (SSSR count). The summed E-state index contributed by atoms with van der Waals surface area (Å²) in [6.07, 6.45) is 1.40. The maximum Gasteiger partial charge on any atom is 0.143 e. The summed E-state index contributed by atoms with van der Waals surface area (Å²) < 4.78 is 50.5. The minimum Gasteiger partial charge on any atom is -0.499 e. The van der Waals surface area contributed by atoms with Crippen molar-refractivity contribution in [1.82, 2.24) is 0 Å². The predicted octanol–water partition coefficient (Wildman–Crippen LogP) is 5.27. The fourth-order valence-electron chi connectivity index (χ4n) is 4.63. The Kier molecular flexibility index (Phi) is 20.3. The molecule has 0 N–H and O–H groups in total. The summed E-state index contributed by atoms with van der Waals surface area (Å²) in [5.41, 5.74) is 2.46. The monoisotopic (exact) mass is 638 g/mol. The minimum atomic E-state index is -0.745. The number of hydrogen-bond acceptors (Lipinski definition) is 9. The Balaban J connectivity index is 1.18. The summed E-state index contributed by atoms with van der Waals surface area (Å²) >= 11 is 0. The van der Waals surface area contributed by atoms with Crippen LogP contribution in [0.1, 0.15) is 16.7 Å². The van der Waals surface area contributed by atoms with Gasteiger partial charge >= 0.3 is 0 Å². The molecule has 0 fully saturated rings. The number of hydrogen-bond donors (Lipinski definition) is 0. The lowest BCUT2D eigenvalue weighted by atomic mass is 9.80. The third kappa shape index (κ3) is 14.5. The molecule has 0 atom stereocenters. The molecule has 0 unspecified atom stereocenters. The summed E-state index contributed by atoms with van der Waals surface area (Å²) in [5, 5.41) is 0. The second kappa shape index (κ2) is 25.0. The third-order valence-corrected chi connectivity index (χ3v) is 6.78. The van der Waals surface area contributed by atoms with Crippen LogP contribution in [-0.4, -0.2) is 106 Å². The van der Waals surface area contributed by atoms with Crippen LogP contribution < -0.4 is 0 Å². The van der Waals surface area contributed by atoms with Gasteiger partial charge in [-0.25, -0.2) is 0 Å². The molecule has 0 saturated heterocycles. The van der Waals surface area contributed by atoms with Gasteiger partial charge in [0.05, 0.1) is 105 Å². The highest BCUT2D eigenvalue weighted by molar-refractivity contribution is 5.47. The van der Waals surface area contributed by atoms with Crippen LogP contribution in [-0.2, 0) is 48.2 Å². The van der Waals surface area contributed by atoms with Crippen LogP contribution in [0.5, 0.6) is 0 Å². The molecule has 9 nitrogen and oxygen atoms in total. The Morgan fingerprint density at radius 1 is 0.370 bits per heavy atom. The van der Waals surface area contributed by atoms with E-state index in [1.54, 1.807) is 0 Å². The Morgan fingerprint density at radius 3 is 0.913 bits per heavy atom. The molecule has 3 aromatic rings. The van der Waals surface area contributed by atoms with E-state index in [0.717, 1.165) is 16.7 Å². The summed E-state index contributed by atoms with van der Waals surface area (Å²) in [7, 11) is 0. The molecule has 0 aromatic heterocycles. The van der Waals surface area contributed by atoms with Crippen molar-refractivity contribution in [2.24, 2.45) is 0 Å². The van der Waals surface area contributed by atoms with E-state index in [0.29, 0.717) is 106 Å². The van der Waals surface area contributed by atoms with Gasteiger partial charge in [-0.05, 0) is 16.7 Å². The highest BCUT2D eigenvalue weighted by Crippen LogP contribution is 2.40. The predicted molar refractivity (Wildman–Crippen MR) is 177 cm³/mol. The zero-order chi connectivity index (χ0) is 32.2. The van der Waals surface area contributed by atoms with Gasteiger partial charge in [-0.2, -0.15) is 0 Å². The standard InChI is InChI=1S/C37H50O9/c1-2-38-18-19-39-20-21-40-22-23-41-24-25-42-26-27-43-28-29-44-30-31-45-32-33-46-37(34-12-6-3-7-13-34,35-14-8-4-9-15-35)36-16-10-5-11-17-36/h2-17H,1,18-33H2. The summed E-state index contributed by atoms with van der Waals surface area (Å²) in [4.78, 5) is 0. The van der Waals surface area contributed by atoms with Gasteiger partial charge in [0.25, 0.3) is 0 Å². The Bertz CT molecular complexity index is 1020. The quantitative estimate of drug-likeness (QED) is 0.0574. The molecule has 252 valence electrons. The molecular weight excluding hydrogens is 588 g/mol. The normalized spacial score (nSPS) is 11.5. The van der Waals surface area contributed by atoms with E-state index >= 15 is 0 Å². The van der Waals surface area contributed by atoms with Crippen LogP contribution >= 0.6 is 0 Å². The van der Waals surface area contributed by atoms with Crippen molar-refractivity contribution < 1.29 is 42.6 Å². The lowest BCUT2D eigenvalue weighted by molar-refractivity contribution is -0.0397. The zero-order valence-electron chi connectivity index (χ0n) is 26.9. The van der Waals surface area contributed by atoms with Gasteiger partial charge in [0.1, 0.15) is 12.2 Å². The van der Waals surface area contributed by atoms with Crippen molar-refractivity contribution in [3.63, 3.8) is 0 Å². The second-order valence-electron chi connectivity index (χ2n) is 9.95. The van der Waals surface area contributed by atoms with Gasteiger partial charge in [0.2, 0.25) is 0 Å².